The number of esters is 1. The van der Waals surface area contributed by atoms with Crippen LogP contribution >= 0.6 is 0 Å². The van der Waals surface area contributed by atoms with Gasteiger partial charge in [0.05, 0.1) is 23.0 Å². The standard InChI is InChI=1S/C40H47F2N3O8/c1-21-14-28-27-7-6-23-15-24(46)8-9-37(23,3)39(27,42)30(47)17-38(28,4)40(21,51)31(48)20-53-36(50)26-18-45-22(2)19-52-35-32(45)25(34(26)49)16-29(41)33(35)44-12-10-43(5)11-13-44/h8-9,15-16,18,21-22,27-28,30,47,51H,6-7,10-14,17,19-20H2,1-5H3/t21-,22-,27-,28-,30-,37-,38-,39-,40-/m1/s1. The fourth-order valence-corrected chi connectivity index (χ4v) is 11.1. The van der Waals surface area contributed by atoms with Crippen molar-refractivity contribution in [2.45, 2.75) is 76.8 Å². The Kier molecular flexibility index (Phi) is 8.18. The molecule has 0 bridgehead atoms. The normalized spacial score (nSPS) is 37.8. The third-order valence-corrected chi connectivity index (χ3v) is 14.2. The number of halogens is 2. The average Bonchev–Trinajstić information content (AvgIpc) is 3.32. The number of pyridine rings is 1. The molecule has 3 saturated carbocycles. The second kappa shape index (κ2) is 12.0. The highest BCUT2D eigenvalue weighted by atomic mass is 19.1. The molecule has 13 heteroatoms. The first kappa shape index (κ1) is 36.1. The molecule has 2 aliphatic heterocycles. The minimum Gasteiger partial charge on any atom is -0.487 e. The minimum absolute atomic E-state index is 0.0524. The Bertz CT molecular complexity index is 2070. The molecule has 0 radical (unpaired) electrons. The number of ketones is 2. The van der Waals surface area contributed by atoms with Crippen LogP contribution in [-0.2, 0) is 14.3 Å². The number of likely N-dealkylation sites (N-methyl/N-ethyl adjacent to an activating group) is 1. The van der Waals surface area contributed by atoms with E-state index in [0.717, 1.165) is 19.2 Å². The van der Waals surface area contributed by atoms with E-state index in [-0.39, 0.29) is 47.2 Å². The molecule has 1 saturated heterocycles. The number of Topliss-reactive ketones (excluding diaryl/α,β-unsaturated/α-hetero) is 1. The summed E-state index contributed by atoms with van der Waals surface area (Å²) in [6, 6.07) is 0.809. The largest absolute Gasteiger partial charge is 0.487 e. The van der Waals surface area contributed by atoms with E-state index in [1.807, 2.05) is 18.9 Å². The zero-order valence-electron chi connectivity index (χ0n) is 30.8. The molecule has 53 heavy (non-hydrogen) atoms. The van der Waals surface area contributed by atoms with Crippen molar-refractivity contribution in [3.8, 4) is 5.75 Å². The van der Waals surface area contributed by atoms with Gasteiger partial charge >= 0.3 is 5.97 Å². The number of anilines is 1. The summed E-state index contributed by atoms with van der Waals surface area (Å²) >= 11 is 0. The number of fused-ring (bicyclic) bond motifs is 5. The average molecular weight is 736 g/mol. The van der Waals surface area contributed by atoms with Crippen LogP contribution in [-0.4, -0.2) is 101 Å². The fourth-order valence-electron chi connectivity index (χ4n) is 11.1. The van der Waals surface area contributed by atoms with Crippen LogP contribution < -0.4 is 15.1 Å². The molecule has 0 spiro atoms. The molecule has 284 valence electrons. The lowest BCUT2D eigenvalue weighted by atomic mass is 9.44. The maximum Gasteiger partial charge on any atom is 0.344 e. The topological polar surface area (TPSA) is 139 Å². The first-order valence-corrected chi connectivity index (χ1v) is 18.7. The summed E-state index contributed by atoms with van der Waals surface area (Å²) < 4.78 is 46.6. The Hall–Kier alpha value is -3.94. The first-order valence-electron chi connectivity index (χ1n) is 18.7. The van der Waals surface area contributed by atoms with Gasteiger partial charge < -0.3 is 34.1 Å². The fraction of sp³-hybridized carbons (Fsp3) is 0.600. The predicted molar refractivity (Wildman–Crippen MR) is 191 cm³/mol. The summed E-state index contributed by atoms with van der Waals surface area (Å²) in [5.74, 6) is -4.41. The van der Waals surface area contributed by atoms with Gasteiger partial charge in [-0.1, -0.05) is 25.5 Å². The molecule has 4 fully saturated rings. The number of piperazine rings is 1. The Morgan fingerprint density at radius 3 is 2.55 bits per heavy atom. The van der Waals surface area contributed by atoms with Crippen LogP contribution in [0.3, 0.4) is 0 Å². The molecular weight excluding hydrogens is 688 g/mol. The zero-order valence-corrected chi connectivity index (χ0v) is 30.8. The van der Waals surface area contributed by atoms with E-state index in [0.29, 0.717) is 43.4 Å². The summed E-state index contributed by atoms with van der Waals surface area (Å²) in [7, 11) is 1.99. The van der Waals surface area contributed by atoms with Gasteiger partial charge in [0.1, 0.15) is 23.5 Å². The lowest BCUT2D eigenvalue weighted by Crippen LogP contribution is -2.69. The molecule has 2 N–H and O–H groups in total. The minimum atomic E-state index is -2.13. The second-order valence-electron chi connectivity index (χ2n) is 16.8. The van der Waals surface area contributed by atoms with Crippen LogP contribution in [0.5, 0.6) is 5.75 Å². The molecule has 3 heterocycles. The molecule has 2 aromatic rings. The highest BCUT2D eigenvalue weighted by Crippen LogP contribution is 2.70. The molecule has 1 aromatic heterocycles. The maximum atomic E-state index is 17.6. The van der Waals surface area contributed by atoms with E-state index < -0.39 is 75.6 Å². The second-order valence-corrected chi connectivity index (χ2v) is 16.8. The van der Waals surface area contributed by atoms with E-state index in [2.05, 4.69) is 4.90 Å². The van der Waals surface area contributed by atoms with Crippen molar-refractivity contribution in [2.75, 3.05) is 51.3 Å². The Morgan fingerprint density at radius 1 is 1.11 bits per heavy atom. The van der Waals surface area contributed by atoms with Crippen molar-refractivity contribution in [1.29, 1.82) is 0 Å². The first-order chi connectivity index (χ1) is 25.0. The lowest BCUT2D eigenvalue weighted by molar-refractivity contribution is -0.219. The van der Waals surface area contributed by atoms with E-state index in [1.54, 1.807) is 31.4 Å². The van der Waals surface area contributed by atoms with Crippen LogP contribution in [0.25, 0.3) is 10.9 Å². The molecule has 11 nitrogen and oxygen atoms in total. The van der Waals surface area contributed by atoms with Crippen molar-refractivity contribution in [2.24, 2.45) is 28.6 Å². The van der Waals surface area contributed by atoms with E-state index in [9.17, 15) is 29.4 Å². The zero-order chi connectivity index (χ0) is 38.0. The summed E-state index contributed by atoms with van der Waals surface area (Å²) in [6.07, 6.45) is 4.99. The number of carbonyl (C=O) groups is 3. The summed E-state index contributed by atoms with van der Waals surface area (Å²) in [6.45, 7) is 8.86. The highest BCUT2D eigenvalue weighted by molar-refractivity contribution is 6.01. The number of nitrogens with zero attached hydrogens (tertiary/aromatic N) is 3. The number of benzene rings is 1. The van der Waals surface area contributed by atoms with Crippen molar-refractivity contribution in [3.63, 3.8) is 0 Å². The van der Waals surface area contributed by atoms with Gasteiger partial charge in [-0.25, -0.2) is 13.6 Å². The van der Waals surface area contributed by atoms with E-state index in [4.69, 9.17) is 9.47 Å². The van der Waals surface area contributed by atoms with E-state index in [1.165, 1.54) is 18.3 Å². The molecule has 0 unspecified atom stereocenters. The maximum absolute atomic E-state index is 17.6. The van der Waals surface area contributed by atoms with Gasteiger partial charge in [-0.3, -0.25) is 14.4 Å². The lowest BCUT2D eigenvalue weighted by Gasteiger charge is -2.62. The predicted octanol–water partition coefficient (Wildman–Crippen LogP) is 3.92. The number of hydrogen-bond acceptors (Lipinski definition) is 10. The van der Waals surface area contributed by atoms with Gasteiger partial charge in [0, 0.05) is 49.1 Å². The number of ether oxygens (including phenoxy) is 2. The van der Waals surface area contributed by atoms with Crippen molar-refractivity contribution in [3.05, 3.63) is 57.7 Å². The number of alkyl halides is 1. The molecule has 4 aliphatic carbocycles. The van der Waals surface area contributed by atoms with Crippen LogP contribution in [0.1, 0.15) is 69.8 Å². The highest BCUT2D eigenvalue weighted by Gasteiger charge is 2.75. The third kappa shape index (κ3) is 4.78. The van der Waals surface area contributed by atoms with Gasteiger partial charge in [-0.05, 0) is 76.6 Å². The molecule has 6 aliphatic rings. The number of aliphatic hydroxyl groups excluding tert-OH is 1. The number of aliphatic hydroxyl groups is 2. The van der Waals surface area contributed by atoms with Gasteiger partial charge in [0.2, 0.25) is 11.2 Å². The number of carbonyl (C=O) groups excluding carboxylic acids is 3. The van der Waals surface area contributed by atoms with Crippen molar-refractivity contribution < 1.29 is 42.9 Å². The SMILES string of the molecule is C[C@@H]1COc2c(N3CCN(C)CC3)c(F)cc3c(=O)c(C(=O)OCC(=O)[C@]4(O)[C@H](C)C[C@@H]5[C@H]6CCC7=CC(=O)C=C[C@@]7(C)[C@]6(F)[C@H](O)C[C@]54C)cn1c23. The quantitative estimate of drug-likeness (QED) is 0.435. The molecule has 9 atom stereocenters. The van der Waals surface area contributed by atoms with Crippen LogP contribution in [0.15, 0.2) is 40.9 Å². The van der Waals surface area contributed by atoms with Crippen molar-refractivity contribution in [1.82, 2.24) is 9.47 Å². The van der Waals surface area contributed by atoms with Crippen LogP contribution in [0.2, 0.25) is 0 Å². The number of allylic oxidation sites excluding steroid dienone is 4. The van der Waals surface area contributed by atoms with E-state index >= 15 is 8.78 Å². The van der Waals surface area contributed by atoms with Gasteiger partial charge in [0.15, 0.2) is 29.6 Å². The Balaban J connectivity index is 1.07. The summed E-state index contributed by atoms with van der Waals surface area (Å²) in [4.78, 5) is 57.8. The van der Waals surface area contributed by atoms with Gasteiger partial charge in [0.25, 0.3) is 0 Å². The van der Waals surface area contributed by atoms with Gasteiger partial charge in [-0.2, -0.15) is 0 Å². The van der Waals surface area contributed by atoms with Gasteiger partial charge in [-0.15, -0.1) is 0 Å². The number of rotatable bonds is 5. The Labute approximate surface area is 306 Å². The smallest absolute Gasteiger partial charge is 0.344 e. The molecule has 0 amide bonds. The van der Waals surface area contributed by atoms with Crippen molar-refractivity contribution >= 4 is 34.1 Å². The summed E-state index contributed by atoms with van der Waals surface area (Å²) in [5, 5.41) is 23.9. The third-order valence-electron chi connectivity index (χ3n) is 14.2. The van der Waals surface area contributed by atoms with Crippen LogP contribution in [0, 0.1) is 34.4 Å². The molecule has 1 aromatic carbocycles. The molecular formula is C40H47F2N3O8. The number of aromatic nitrogens is 1. The number of hydrogen-bond donors (Lipinski definition) is 2. The molecule has 8 rings (SSSR count). The summed E-state index contributed by atoms with van der Waals surface area (Å²) in [5.41, 5.74) is -6.58. The monoisotopic (exact) mass is 735 g/mol. The van der Waals surface area contributed by atoms with Crippen LogP contribution in [0.4, 0.5) is 14.5 Å². The Morgan fingerprint density at radius 2 is 1.83 bits per heavy atom.